The molecule has 43 heavy (non-hydrogen) atoms. The average molecular weight is 597 g/mol. The number of benzene rings is 2. The molecule has 6 atom stereocenters. The Kier molecular flexibility index (Phi) is 13.3. The van der Waals surface area contributed by atoms with Crippen LogP contribution in [0.1, 0.15) is 38.8 Å². The normalized spacial score (nSPS) is 14.9. The maximum absolute atomic E-state index is 13.2. The minimum atomic E-state index is -1.23. The van der Waals surface area contributed by atoms with Gasteiger partial charge < -0.3 is 37.4 Å². The molecule has 0 bridgehead atoms. The van der Waals surface area contributed by atoms with E-state index in [2.05, 4.69) is 26.6 Å². The Hall–Kier alpha value is -4.78. The molecule has 0 saturated heterocycles. The van der Waals surface area contributed by atoms with Crippen LogP contribution in [0.15, 0.2) is 60.7 Å². The number of nitrogens with one attached hydrogen (secondary N) is 5. The zero-order valence-corrected chi connectivity index (χ0v) is 24.6. The van der Waals surface area contributed by atoms with Gasteiger partial charge in [-0.2, -0.15) is 0 Å². The minimum absolute atomic E-state index is 0.0527. The molecule has 13 heteroatoms. The molecule has 2 aromatic carbocycles. The van der Waals surface area contributed by atoms with Crippen molar-refractivity contribution in [3.8, 4) is 0 Å². The summed E-state index contributed by atoms with van der Waals surface area (Å²) < 4.78 is 0. The summed E-state index contributed by atoms with van der Waals surface area (Å²) in [4.78, 5) is 75.1. The van der Waals surface area contributed by atoms with Crippen LogP contribution in [-0.2, 0) is 41.6 Å². The van der Waals surface area contributed by atoms with Gasteiger partial charge >= 0.3 is 5.97 Å². The Balaban J connectivity index is 2.02. The molecule has 0 aliphatic heterocycles. The molecule has 8 N–H and O–H groups in total. The first-order valence-electron chi connectivity index (χ1n) is 13.9. The fourth-order valence-corrected chi connectivity index (χ4v) is 3.90. The summed E-state index contributed by atoms with van der Waals surface area (Å²) in [5.41, 5.74) is 6.99. The highest BCUT2D eigenvalue weighted by Gasteiger charge is 2.29. The molecule has 0 spiro atoms. The van der Waals surface area contributed by atoms with E-state index in [0.29, 0.717) is 5.56 Å². The maximum atomic E-state index is 13.2. The van der Waals surface area contributed by atoms with Crippen molar-refractivity contribution in [1.29, 1.82) is 0 Å². The third kappa shape index (κ3) is 11.6. The molecule has 0 aliphatic carbocycles. The summed E-state index contributed by atoms with van der Waals surface area (Å²) in [7, 11) is 0. The van der Waals surface area contributed by atoms with E-state index < -0.39 is 71.8 Å². The molecule has 0 radical (unpaired) electrons. The van der Waals surface area contributed by atoms with E-state index in [1.54, 1.807) is 60.7 Å². The number of nitrogens with two attached hydrogens (primary N) is 1. The predicted octanol–water partition coefficient (Wildman–Crippen LogP) is -0.613. The third-order valence-electron chi connectivity index (χ3n) is 6.48. The molecule has 0 aromatic heterocycles. The second kappa shape index (κ2) is 16.6. The highest BCUT2D eigenvalue weighted by Crippen LogP contribution is 2.06. The van der Waals surface area contributed by atoms with Crippen molar-refractivity contribution in [1.82, 2.24) is 26.6 Å². The van der Waals surface area contributed by atoms with Crippen molar-refractivity contribution in [2.24, 2.45) is 5.73 Å². The first-order valence-corrected chi connectivity index (χ1v) is 13.9. The van der Waals surface area contributed by atoms with Gasteiger partial charge in [-0.3, -0.25) is 24.0 Å². The summed E-state index contributed by atoms with van der Waals surface area (Å²) in [5.74, 6) is -4.48. The molecule has 2 rings (SSSR count). The molecule has 13 nitrogen and oxygen atoms in total. The van der Waals surface area contributed by atoms with Gasteiger partial charge in [-0.15, -0.1) is 0 Å². The first-order chi connectivity index (χ1) is 20.3. The molecular weight excluding hydrogens is 556 g/mol. The lowest BCUT2D eigenvalue weighted by molar-refractivity contribution is -0.142. The Morgan fingerprint density at radius 2 is 0.907 bits per heavy atom. The monoisotopic (exact) mass is 596 g/mol. The fraction of sp³-hybridized carbons (Fsp3) is 0.400. The quantitative estimate of drug-likeness (QED) is 0.141. The number of hydrogen-bond donors (Lipinski definition) is 7. The topological polar surface area (TPSA) is 209 Å². The zero-order chi connectivity index (χ0) is 32.1. The van der Waals surface area contributed by atoms with E-state index in [0.717, 1.165) is 5.56 Å². The van der Waals surface area contributed by atoms with Crippen molar-refractivity contribution in [2.75, 3.05) is 0 Å². The second-order valence-electron chi connectivity index (χ2n) is 10.3. The first kappa shape index (κ1) is 34.4. The van der Waals surface area contributed by atoms with Gasteiger partial charge in [0.15, 0.2) is 0 Å². The summed E-state index contributed by atoms with van der Waals surface area (Å²) in [6, 6.07) is 11.3. The predicted molar refractivity (Wildman–Crippen MR) is 158 cm³/mol. The van der Waals surface area contributed by atoms with Crippen molar-refractivity contribution in [2.45, 2.75) is 76.8 Å². The Morgan fingerprint density at radius 3 is 1.33 bits per heavy atom. The van der Waals surface area contributed by atoms with Gasteiger partial charge in [0, 0.05) is 12.8 Å². The van der Waals surface area contributed by atoms with E-state index in [9.17, 15) is 33.9 Å². The summed E-state index contributed by atoms with van der Waals surface area (Å²) in [5, 5.41) is 22.1. The molecule has 2 aromatic rings. The molecule has 0 saturated carbocycles. The van der Waals surface area contributed by atoms with Crippen LogP contribution in [0.25, 0.3) is 0 Å². The number of carboxylic acid groups (broad SMARTS) is 1. The molecule has 0 fully saturated rings. The number of carbonyl (C=O) groups excluding carboxylic acids is 5. The van der Waals surface area contributed by atoms with Gasteiger partial charge in [0.25, 0.3) is 0 Å². The fourth-order valence-electron chi connectivity index (χ4n) is 3.90. The van der Waals surface area contributed by atoms with E-state index >= 15 is 0 Å². The van der Waals surface area contributed by atoms with Gasteiger partial charge in [-0.1, -0.05) is 60.7 Å². The number of rotatable bonds is 15. The summed E-state index contributed by atoms with van der Waals surface area (Å²) in [6.07, 6.45) is 0.147. The third-order valence-corrected chi connectivity index (χ3v) is 6.48. The minimum Gasteiger partial charge on any atom is -0.480 e. The highest BCUT2D eigenvalue weighted by atomic mass is 16.4. The van der Waals surface area contributed by atoms with Crippen LogP contribution in [0, 0.1) is 0 Å². The molecule has 0 unspecified atom stereocenters. The van der Waals surface area contributed by atoms with Gasteiger partial charge in [0.05, 0.1) is 6.04 Å². The van der Waals surface area contributed by atoms with E-state index in [1.165, 1.54) is 27.7 Å². The highest BCUT2D eigenvalue weighted by molar-refractivity contribution is 5.96. The van der Waals surface area contributed by atoms with Gasteiger partial charge in [-0.25, -0.2) is 4.79 Å². The van der Waals surface area contributed by atoms with Crippen LogP contribution in [0.5, 0.6) is 0 Å². The van der Waals surface area contributed by atoms with Gasteiger partial charge in [-0.05, 0) is 38.8 Å². The lowest BCUT2D eigenvalue weighted by Gasteiger charge is -2.24. The molecular formula is C30H40N6O7. The van der Waals surface area contributed by atoms with Crippen LogP contribution < -0.4 is 32.3 Å². The number of amides is 5. The Labute approximate surface area is 250 Å². The lowest BCUT2D eigenvalue weighted by Crippen LogP contribution is -2.58. The standard InChI is InChI=1S/C30H40N6O7/c1-17(31)25(37)32-19(3)27(39)35-23(15-21-11-7-5-8-12-21)29(41)34-18(2)26(38)33-20(4)28(40)36-24(30(42)43)16-22-13-9-6-10-14-22/h5-14,17-20,23-24H,15-16,31H2,1-4H3,(H,32,37)(H,33,38)(H,34,41)(H,35,39)(H,36,40)(H,42,43)/t17-,18-,19-,20-,23-,24-/m0/s1. The SMILES string of the molecule is C[C@H](N)C(=O)N[C@@H](C)C(=O)N[C@@H](Cc1ccccc1)C(=O)N[C@@H](C)C(=O)N[C@@H](C)C(=O)N[C@@H](Cc1ccccc1)C(=O)O. The van der Waals surface area contributed by atoms with Gasteiger partial charge in [0.2, 0.25) is 29.5 Å². The van der Waals surface area contributed by atoms with Crippen LogP contribution >= 0.6 is 0 Å². The second-order valence-corrected chi connectivity index (χ2v) is 10.3. The van der Waals surface area contributed by atoms with Crippen molar-refractivity contribution in [3.05, 3.63) is 71.8 Å². The Morgan fingerprint density at radius 1 is 0.558 bits per heavy atom. The Bertz CT molecular complexity index is 1270. The van der Waals surface area contributed by atoms with Crippen LogP contribution in [0.4, 0.5) is 0 Å². The van der Waals surface area contributed by atoms with Crippen LogP contribution in [0.2, 0.25) is 0 Å². The molecule has 5 amide bonds. The average Bonchev–Trinajstić information content (AvgIpc) is 2.96. The van der Waals surface area contributed by atoms with E-state index in [1.807, 2.05) is 0 Å². The molecule has 232 valence electrons. The number of carbonyl (C=O) groups is 6. The van der Waals surface area contributed by atoms with E-state index in [4.69, 9.17) is 5.73 Å². The summed E-state index contributed by atoms with van der Waals surface area (Å²) in [6.45, 7) is 5.71. The van der Waals surface area contributed by atoms with Crippen molar-refractivity contribution in [3.63, 3.8) is 0 Å². The van der Waals surface area contributed by atoms with Crippen LogP contribution in [0.3, 0.4) is 0 Å². The number of hydrogen-bond acceptors (Lipinski definition) is 7. The van der Waals surface area contributed by atoms with Crippen molar-refractivity contribution < 1.29 is 33.9 Å². The van der Waals surface area contributed by atoms with Crippen molar-refractivity contribution >= 4 is 35.5 Å². The van der Waals surface area contributed by atoms with Gasteiger partial charge in [0.1, 0.15) is 30.2 Å². The summed E-state index contributed by atoms with van der Waals surface area (Å²) >= 11 is 0. The zero-order valence-electron chi connectivity index (χ0n) is 24.6. The number of carboxylic acids is 1. The lowest BCUT2D eigenvalue weighted by atomic mass is 10.0. The smallest absolute Gasteiger partial charge is 0.326 e. The maximum Gasteiger partial charge on any atom is 0.326 e. The largest absolute Gasteiger partial charge is 0.480 e. The molecule has 0 aliphatic rings. The van der Waals surface area contributed by atoms with E-state index in [-0.39, 0.29) is 12.8 Å². The number of aliphatic carboxylic acids is 1. The molecule has 0 heterocycles. The van der Waals surface area contributed by atoms with Crippen LogP contribution in [-0.4, -0.2) is 76.9 Å².